The van der Waals surface area contributed by atoms with Crippen LogP contribution in [-0.4, -0.2) is 0 Å². The van der Waals surface area contributed by atoms with Crippen LogP contribution in [0.5, 0.6) is 0 Å². The number of rotatable bonds is 0. The standard InChI is InChI=1S/C8H6OS/c1-5-4-6-2-3-7(5)10-8(6)9/h2-4H,1H3. The molecular weight excluding hydrogens is 144 g/mol. The molecule has 0 spiro atoms. The number of aryl methyl sites for hydroxylation is 1. The Bertz CT molecular complexity index is 402. The highest BCUT2D eigenvalue weighted by molar-refractivity contribution is 7.16. The van der Waals surface area contributed by atoms with E-state index in [4.69, 9.17) is 0 Å². The molecule has 0 aliphatic carbocycles. The van der Waals surface area contributed by atoms with E-state index >= 15 is 0 Å². The van der Waals surface area contributed by atoms with E-state index in [0.717, 1.165) is 10.1 Å². The number of hydrogen-bond donors (Lipinski definition) is 0. The highest BCUT2D eigenvalue weighted by Crippen LogP contribution is 2.16. The van der Waals surface area contributed by atoms with Crippen molar-refractivity contribution in [3.63, 3.8) is 0 Å². The second-order valence-corrected chi connectivity index (χ2v) is 3.38. The minimum Gasteiger partial charge on any atom is -0.277 e. The van der Waals surface area contributed by atoms with Gasteiger partial charge in [-0.3, -0.25) is 4.79 Å². The summed E-state index contributed by atoms with van der Waals surface area (Å²) in [5.74, 6) is 0. The molecule has 10 heavy (non-hydrogen) atoms. The third-order valence-electron chi connectivity index (χ3n) is 1.61. The van der Waals surface area contributed by atoms with Gasteiger partial charge in [-0.05, 0) is 30.7 Å². The van der Waals surface area contributed by atoms with Crippen molar-refractivity contribution in [2.45, 2.75) is 6.92 Å². The summed E-state index contributed by atoms with van der Waals surface area (Å²) in [6.07, 6.45) is 0. The van der Waals surface area contributed by atoms with Gasteiger partial charge in [-0.1, -0.05) is 11.3 Å². The predicted octanol–water partition coefficient (Wildman–Crippen LogP) is 2.01. The van der Waals surface area contributed by atoms with Gasteiger partial charge in [-0.2, -0.15) is 0 Å². The number of hydrogen-bond acceptors (Lipinski definition) is 2. The van der Waals surface area contributed by atoms with Crippen molar-refractivity contribution in [2.24, 2.45) is 0 Å². The maximum atomic E-state index is 11.0. The Balaban J connectivity index is 3.09. The zero-order valence-corrected chi connectivity index (χ0v) is 6.37. The molecule has 0 saturated carbocycles. The molecule has 0 unspecified atom stereocenters. The van der Waals surface area contributed by atoms with Crippen molar-refractivity contribution in [3.8, 4) is 0 Å². The lowest BCUT2D eigenvalue weighted by Gasteiger charge is -1.98. The molecule has 0 atom stereocenters. The topological polar surface area (TPSA) is 17.1 Å². The molecule has 2 aromatic heterocycles. The summed E-state index contributed by atoms with van der Waals surface area (Å²) in [6.45, 7) is 2.03. The van der Waals surface area contributed by atoms with Gasteiger partial charge in [0, 0.05) is 10.1 Å². The Labute approximate surface area is 62.3 Å². The summed E-state index contributed by atoms with van der Waals surface area (Å²) in [4.78, 5) is 11.0. The van der Waals surface area contributed by atoms with E-state index in [2.05, 4.69) is 0 Å². The Hall–Kier alpha value is -0.890. The first-order valence-electron chi connectivity index (χ1n) is 3.10. The maximum absolute atomic E-state index is 11.0. The lowest BCUT2D eigenvalue weighted by Crippen LogP contribution is -1.95. The van der Waals surface area contributed by atoms with Crippen molar-refractivity contribution >= 4 is 21.4 Å². The van der Waals surface area contributed by atoms with Gasteiger partial charge < -0.3 is 0 Å². The molecule has 50 valence electrons. The molecule has 2 bridgehead atoms. The fourth-order valence-electron chi connectivity index (χ4n) is 1.05. The molecule has 3 aromatic rings. The molecular formula is C8H6OS. The summed E-state index contributed by atoms with van der Waals surface area (Å²) in [6, 6.07) is 5.81. The second-order valence-electron chi connectivity index (χ2n) is 2.37. The molecule has 0 radical (unpaired) electrons. The quantitative estimate of drug-likeness (QED) is 0.561. The summed E-state index contributed by atoms with van der Waals surface area (Å²) >= 11 is 1.33. The molecule has 0 N–H and O–H groups in total. The summed E-state index contributed by atoms with van der Waals surface area (Å²) in [5, 5.41) is 0.831. The average Bonchev–Trinajstić information content (AvgIpc) is 1.91. The highest BCUT2D eigenvalue weighted by Gasteiger charge is 1.99. The Morgan fingerprint density at radius 2 is 2.20 bits per heavy atom. The van der Waals surface area contributed by atoms with Crippen LogP contribution in [0.15, 0.2) is 23.0 Å². The zero-order chi connectivity index (χ0) is 7.14. The third-order valence-corrected chi connectivity index (χ3v) is 2.71. The van der Waals surface area contributed by atoms with Crippen LogP contribution < -0.4 is 4.74 Å². The monoisotopic (exact) mass is 150 g/mol. The number of fused-ring (bicyclic) bond motifs is 3. The van der Waals surface area contributed by atoms with Crippen LogP contribution in [0.2, 0.25) is 0 Å². The van der Waals surface area contributed by atoms with Crippen molar-refractivity contribution in [1.82, 2.24) is 0 Å². The van der Waals surface area contributed by atoms with Crippen LogP contribution in [0.3, 0.4) is 0 Å². The van der Waals surface area contributed by atoms with Gasteiger partial charge in [0.15, 0.2) is 0 Å². The molecule has 2 heterocycles. The third kappa shape index (κ3) is 0.656. The average molecular weight is 150 g/mol. The van der Waals surface area contributed by atoms with Gasteiger partial charge in [-0.25, -0.2) is 0 Å². The molecule has 0 fully saturated rings. The highest BCUT2D eigenvalue weighted by atomic mass is 32.1. The van der Waals surface area contributed by atoms with E-state index in [1.54, 1.807) is 0 Å². The van der Waals surface area contributed by atoms with Gasteiger partial charge in [0.1, 0.15) is 0 Å². The van der Waals surface area contributed by atoms with Crippen LogP contribution in [0.1, 0.15) is 5.56 Å². The maximum Gasteiger partial charge on any atom is 0.240 e. The van der Waals surface area contributed by atoms with Crippen molar-refractivity contribution in [3.05, 3.63) is 33.3 Å². The van der Waals surface area contributed by atoms with Gasteiger partial charge in [-0.15, -0.1) is 0 Å². The van der Waals surface area contributed by atoms with Crippen molar-refractivity contribution in [2.75, 3.05) is 0 Å². The molecule has 0 saturated heterocycles. The lowest BCUT2D eigenvalue weighted by atomic mass is 10.2. The van der Waals surface area contributed by atoms with Gasteiger partial charge in [0.05, 0.1) is 0 Å². The molecule has 0 aliphatic heterocycles. The van der Waals surface area contributed by atoms with Crippen LogP contribution in [0.25, 0.3) is 10.1 Å². The molecule has 1 nitrogen and oxygen atoms in total. The van der Waals surface area contributed by atoms with Crippen LogP contribution in [0, 0.1) is 6.92 Å². The second kappa shape index (κ2) is 1.80. The summed E-state index contributed by atoms with van der Waals surface area (Å²) < 4.78 is 1.28. The molecule has 0 aliphatic rings. The van der Waals surface area contributed by atoms with E-state index < -0.39 is 0 Å². The first-order valence-corrected chi connectivity index (χ1v) is 3.92. The molecule has 2 heteroatoms. The SMILES string of the molecule is Cc1cc2ccc1sc2=O. The molecule has 0 amide bonds. The van der Waals surface area contributed by atoms with Crippen LogP contribution in [-0.2, 0) is 0 Å². The summed E-state index contributed by atoms with van der Waals surface area (Å²) in [5.41, 5.74) is 1.21. The van der Waals surface area contributed by atoms with E-state index in [-0.39, 0.29) is 4.74 Å². The minimum atomic E-state index is 0.183. The Kier molecular flexibility index (Phi) is 1.05. The van der Waals surface area contributed by atoms with E-state index in [1.807, 2.05) is 25.1 Å². The zero-order valence-electron chi connectivity index (χ0n) is 5.55. The van der Waals surface area contributed by atoms with E-state index in [1.165, 1.54) is 16.9 Å². The largest absolute Gasteiger partial charge is 0.277 e. The summed E-state index contributed by atoms with van der Waals surface area (Å²) in [7, 11) is 0. The fourth-order valence-corrected chi connectivity index (χ4v) is 1.85. The van der Waals surface area contributed by atoms with Gasteiger partial charge in [0.2, 0.25) is 4.74 Å². The normalized spacial score (nSPS) is 10.9. The Morgan fingerprint density at radius 1 is 1.40 bits per heavy atom. The fraction of sp³-hybridized carbons (Fsp3) is 0.125. The smallest absolute Gasteiger partial charge is 0.240 e. The van der Waals surface area contributed by atoms with E-state index in [0.29, 0.717) is 0 Å². The first-order chi connectivity index (χ1) is 4.77. The van der Waals surface area contributed by atoms with Crippen LogP contribution in [0.4, 0.5) is 0 Å². The predicted molar refractivity (Wildman–Crippen MR) is 44.0 cm³/mol. The van der Waals surface area contributed by atoms with Crippen molar-refractivity contribution < 1.29 is 0 Å². The molecule has 3 rings (SSSR count). The Morgan fingerprint density at radius 3 is 2.50 bits per heavy atom. The number of benzene rings is 1. The molecule has 1 aromatic carbocycles. The van der Waals surface area contributed by atoms with Gasteiger partial charge >= 0.3 is 0 Å². The lowest BCUT2D eigenvalue weighted by molar-refractivity contribution is 1.56. The first kappa shape index (κ1) is 5.86. The van der Waals surface area contributed by atoms with Crippen LogP contribution >= 0.6 is 11.3 Å². The van der Waals surface area contributed by atoms with Crippen molar-refractivity contribution in [1.29, 1.82) is 0 Å². The van der Waals surface area contributed by atoms with E-state index in [9.17, 15) is 4.79 Å². The van der Waals surface area contributed by atoms with Gasteiger partial charge in [0.25, 0.3) is 0 Å². The minimum absolute atomic E-state index is 0.183.